The standard InChI is InChI=1S/C12H13BrClN/c1-2-3-4-5-12(15)10-7-6-9(13)8-11(10)14/h1,6-8,12H,3-5,15H2. The van der Waals surface area contributed by atoms with Crippen molar-refractivity contribution in [1.82, 2.24) is 0 Å². The van der Waals surface area contributed by atoms with Crippen LogP contribution in [0.5, 0.6) is 0 Å². The van der Waals surface area contributed by atoms with Gasteiger partial charge in [-0.2, -0.15) is 0 Å². The lowest BCUT2D eigenvalue weighted by atomic mass is 10.0. The van der Waals surface area contributed by atoms with Crippen LogP contribution in [0.2, 0.25) is 5.02 Å². The van der Waals surface area contributed by atoms with E-state index in [4.69, 9.17) is 23.8 Å². The average Bonchev–Trinajstić information content (AvgIpc) is 2.17. The van der Waals surface area contributed by atoms with Crippen molar-refractivity contribution in [1.29, 1.82) is 0 Å². The number of halogens is 2. The van der Waals surface area contributed by atoms with Crippen LogP contribution in [-0.4, -0.2) is 0 Å². The van der Waals surface area contributed by atoms with Crippen molar-refractivity contribution in [3.63, 3.8) is 0 Å². The Morgan fingerprint density at radius 1 is 1.53 bits per heavy atom. The van der Waals surface area contributed by atoms with Crippen molar-refractivity contribution < 1.29 is 0 Å². The van der Waals surface area contributed by atoms with E-state index in [2.05, 4.69) is 21.9 Å². The minimum absolute atomic E-state index is 0.0288. The molecule has 2 N–H and O–H groups in total. The van der Waals surface area contributed by atoms with Gasteiger partial charge in [-0.3, -0.25) is 0 Å². The van der Waals surface area contributed by atoms with Gasteiger partial charge in [0.05, 0.1) is 0 Å². The monoisotopic (exact) mass is 285 g/mol. The summed E-state index contributed by atoms with van der Waals surface area (Å²) in [6.07, 6.45) is 7.75. The summed E-state index contributed by atoms with van der Waals surface area (Å²) in [4.78, 5) is 0. The summed E-state index contributed by atoms with van der Waals surface area (Å²) in [5.41, 5.74) is 7.00. The second-order valence-electron chi connectivity index (χ2n) is 3.37. The summed E-state index contributed by atoms with van der Waals surface area (Å²) in [7, 11) is 0. The first-order valence-corrected chi connectivity index (χ1v) is 5.96. The second kappa shape index (κ2) is 6.17. The van der Waals surface area contributed by atoms with Gasteiger partial charge in [-0.25, -0.2) is 0 Å². The largest absolute Gasteiger partial charge is 0.324 e. The third-order valence-corrected chi connectivity index (χ3v) is 3.02. The van der Waals surface area contributed by atoms with Crippen molar-refractivity contribution in [2.45, 2.75) is 25.3 Å². The molecule has 0 radical (unpaired) electrons. The molecule has 1 nitrogen and oxygen atoms in total. The number of terminal acetylenes is 1. The Balaban J connectivity index is 2.66. The number of hydrogen-bond acceptors (Lipinski definition) is 1. The molecule has 0 aliphatic carbocycles. The molecule has 0 amide bonds. The smallest absolute Gasteiger partial charge is 0.0464 e. The van der Waals surface area contributed by atoms with Gasteiger partial charge in [-0.05, 0) is 30.5 Å². The van der Waals surface area contributed by atoms with Gasteiger partial charge in [0.25, 0.3) is 0 Å². The molecule has 0 heterocycles. The first-order chi connectivity index (χ1) is 7.15. The minimum Gasteiger partial charge on any atom is -0.324 e. The average molecular weight is 287 g/mol. The molecule has 0 aliphatic heterocycles. The van der Waals surface area contributed by atoms with E-state index in [1.165, 1.54) is 0 Å². The molecule has 80 valence electrons. The van der Waals surface area contributed by atoms with Gasteiger partial charge < -0.3 is 5.73 Å². The fourth-order valence-corrected chi connectivity index (χ4v) is 2.20. The third kappa shape index (κ3) is 3.87. The van der Waals surface area contributed by atoms with Gasteiger partial charge in [-0.15, -0.1) is 12.3 Å². The zero-order chi connectivity index (χ0) is 11.3. The summed E-state index contributed by atoms with van der Waals surface area (Å²) in [5.74, 6) is 2.60. The van der Waals surface area contributed by atoms with E-state index in [1.54, 1.807) is 0 Å². The second-order valence-corrected chi connectivity index (χ2v) is 4.69. The molecule has 1 aromatic carbocycles. The highest BCUT2D eigenvalue weighted by Gasteiger charge is 2.09. The summed E-state index contributed by atoms with van der Waals surface area (Å²) < 4.78 is 0.965. The van der Waals surface area contributed by atoms with Gasteiger partial charge in [0.2, 0.25) is 0 Å². The Morgan fingerprint density at radius 3 is 2.87 bits per heavy atom. The maximum absolute atomic E-state index is 6.09. The van der Waals surface area contributed by atoms with Crippen LogP contribution >= 0.6 is 27.5 Å². The number of rotatable bonds is 4. The SMILES string of the molecule is C#CCCCC(N)c1ccc(Br)cc1Cl. The Hall–Kier alpha value is -0.490. The number of unbranched alkanes of at least 4 members (excludes halogenated alkanes) is 1. The Labute approximate surface area is 104 Å². The van der Waals surface area contributed by atoms with Gasteiger partial charge in [0.15, 0.2) is 0 Å². The van der Waals surface area contributed by atoms with E-state index in [9.17, 15) is 0 Å². The molecule has 1 rings (SSSR count). The Morgan fingerprint density at radius 2 is 2.27 bits per heavy atom. The maximum Gasteiger partial charge on any atom is 0.0464 e. The van der Waals surface area contributed by atoms with E-state index >= 15 is 0 Å². The molecule has 0 spiro atoms. The van der Waals surface area contributed by atoms with Crippen LogP contribution in [0.3, 0.4) is 0 Å². The van der Waals surface area contributed by atoms with Crippen LogP contribution in [0.4, 0.5) is 0 Å². The summed E-state index contributed by atoms with van der Waals surface area (Å²) in [6.45, 7) is 0. The topological polar surface area (TPSA) is 26.0 Å². The molecule has 1 atom stereocenters. The molecule has 0 aromatic heterocycles. The molecule has 0 fully saturated rings. The quantitative estimate of drug-likeness (QED) is 0.659. The summed E-state index contributed by atoms with van der Waals surface area (Å²) >= 11 is 9.44. The summed E-state index contributed by atoms with van der Waals surface area (Å²) in [6, 6.07) is 5.73. The lowest BCUT2D eigenvalue weighted by Crippen LogP contribution is -2.10. The van der Waals surface area contributed by atoms with Crippen molar-refractivity contribution in [3.05, 3.63) is 33.3 Å². The van der Waals surface area contributed by atoms with Crippen molar-refractivity contribution in [2.75, 3.05) is 0 Å². The fraction of sp³-hybridized carbons (Fsp3) is 0.333. The highest BCUT2D eigenvalue weighted by Crippen LogP contribution is 2.27. The van der Waals surface area contributed by atoms with Crippen LogP contribution < -0.4 is 5.73 Å². The van der Waals surface area contributed by atoms with Crippen molar-refractivity contribution in [2.24, 2.45) is 5.73 Å². The highest BCUT2D eigenvalue weighted by molar-refractivity contribution is 9.10. The first-order valence-electron chi connectivity index (χ1n) is 4.79. The number of nitrogens with two attached hydrogens (primary N) is 1. The predicted octanol–water partition coefficient (Wildman–Crippen LogP) is 3.91. The zero-order valence-electron chi connectivity index (χ0n) is 8.34. The van der Waals surface area contributed by atoms with Gasteiger partial charge in [0.1, 0.15) is 0 Å². The first kappa shape index (κ1) is 12.6. The lowest BCUT2D eigenvalue weighted by molar-refractivity contribution is 0.621. The molecule has 15 heavy (non-hydrogen) atoms. The highest BCUT2D eigenvalue weighted by atomic mass is 79.9. The Kier molecular flexibility index (Phi) is 5.17. The molecule has 1 aromatic rings. The maximum atomic E-state index is 6.09. The van der Waals surface area contributed by atoms with E-state index in [1.807, 2.05) is 18.2 Å². The van der Waals surface area contributed by atoms with Crippen LogP contribution in [0, 0.1) is 12.3 Å². The molecule has 1 unspecified atom stereocenters. The lowest BCUT2D eigenvalue weighted by Gasteiger charge is -2.13. The molecule has 0 bridgehead atoms. The van der Waals surface area contributed by atoms with Gasteiger partial charge in [-0.1, -0.05) is 33.6 Å². The van der Waals surface area contributed by atoms with Crippen molar-refractivity contribution in [3.8, 4) is 12.3 Å². The fourth-order valence-electron chi connectivity index (χ4n) is 1.38. The normalized spacial score (nSPS) is 12.1. The van der Waals surface area contributed by atoms with Crippen molar-refractivity contribution >= 4 is 27.5 Å². The molecular formula is C12H13BrClN. The number of hydrogen-bond donors (Lipinski definition) is 1. The zero-order valence-corrected chi connectivity index (χ0v) is 10.7. The van der Waals surface area contributed by atoms with Gasteiger partial charge >= 0.3 is 0 Å². The van der Waals surface area contributed by atoms with Crippen LogP contribution in [0.1, 0.15) is 30.9 Å². The molecular weight excluding hydrogens is 273 g/mol. The minimum atomic E-state index is -0.0288. The Bertz CT molecular complexity index is 370. The molecule has 3 heteroatoms. The number of benzene rings is 1. The third-order valence-electron chi connectivity index (χ3n) is 2.20. The molecule has 0 saturated heterocycles. The van der Waals surface area contributed by atoms with Crippen LogP contribution in [-0.2, 0) is 0 Å². The van der Waals surface area contributed by atoms with Crippen LogP contribution in [0.25, 0.3) is 0 Å². The molecule has 0 saturated carbocycles. The van der Waals surface area contributed by atoms with Gasteiger partial charge in [0, 0.05) is 22.0 Å². The summed E-state index contributed by atoms with van der Waals surface area (Å²) in [5, 5.41) is 0.706. The predicted molar refractivity (Wildman–Crippen MR) is 68.8 cm³/mol. The van der Waals surface area contributed by atoms with E-state index in [0.29, 0.717) is 5.02 Å². The van der Waals surface area contributed by atoms with E-state index in [-0.39, 0.29) is 6.04 Å². The van der Waals surface area contributed by atoms with Crippen LogP contribution in [0.15, 0.2) is 22.7 Å². The molecule has 0 aliphatic rings. The van der Waals surface area contributed by atoms with E-state index in [0.717, 1.165) is 29.3 Å². The van der Waals surface area contributed by atoms with E-state index < -0.39 is 0 Å².